The van der Waals surface area contributed by atoms with Gasteiger partial charge in [-0.2, -0.15) is 4.31 Å². The van der Waals surface area contributed by atoms with Crippen LogP contribution in [0.5, 0.6) is 5.75 Å². The Labute approximate surface area is 145 Å². The zero-order valence-corrected chi connectivity index (χ0v) is 15.0. The summed E-state index contributed by atoms with van der Waals surface area (Å²) in [6.07, 6.45) is 0.781. The quantitative estimate of drug-likeness (QED) is 0.878. The predicted octanol–water partition coefficient (Wildman–Crippen LogP) is 1.77. The molecule has 6 nitrogen and oxygen atoms in total. The van der Waals surface area contributed by atoms with Gasteiger partial charge < -0.3 is 10.1 Å². The number of hydrogen-bond acceptors (Lipinski definition) is 6. The van der Waals surface area contributed by atoms with E-state index in [1.54, 1.807) is 18.2 Å². The average molecular weight is 365 g/mol. The van der Waals surface area contributed by atoms with Gasteiger partial charge in [-0.05, 0) is 25.6 Å². The summed E-state index contributed by atoms with van der Waals surface area (Å²) in [6, 6.07) is 6.90. The second-order valence-electron chi connectivity index (χ2n) is 6.29. The van der Waals surface area contributed by atoms with Crippen molar-refractivity contribution >= 4 is 21.4 Å². The van der Waals surface area contributed by atoms with Crippen molar-refractivity contribution in [3.63, 3.8) is 0 Å². The van der Waals surface area contributed by atoms with E-state index in [0.29, 0.717) is 18.8 Å². The first kappa shape index (κ1) is 16.0. The van der Waals surface area contributed by atoms with Crippen molar-refractivity contribution in [2.75, 3.05) is 19.6 Å². The molecule has 2 aromatic rings. The number of aromatic nitrogens is 1. The Morgan fingerprint density at radius 1 is 1.42 bits per heavy atom. The number of sulfonamides is 1. The topological polar surface area (TPSA) is 71.5 Å². The lowest BCUT2D eigenvalue weighted by Gasteiger charge is -2.30. The molecule has 0 amide bonds. The lowest BCUT2D eigenvalue weighted by atomic mass is 10.0. The Hall–Kier alpha value is -1.48. The number of hydrogen-bond donors (Lipinski definition) is 1. The summed E-state index contributed by atoms with van der Waals surface area (Å²) in [5.41, 5.74) is 0.256. The molecule has 0 saturated carbocycles. The third-order valence-corrected chi connectivity index (χ3v) is 7.12. The first-order chi connectivity index (χ1) is 11.5. The first-order valence-corrected chi connectivity index (χ1v) is 10.2. The van der Waals surface area contributed by atoms with Crippen molar-refractivity contribution in [1.29, 1.82) is 0 Å². The first-order valence-electron chi connectivity index (χ1n) is 7.89. The van der Waals surface area contributed by atoms with Gasteiger partial charge in [-0.3, -0.25) is 0 Å². The maximum Gasteiger partial charge on any atom is 0.247 e. The van der Waals surface area contributed by atoms with Crippen LogP contribution in [0.15, 0.2) is 34.5 Å². The summed E-state index contributed by atoms with van der Waals surface area (Å²) >= 11 is 1.53. The minimum absolute atomic E-state index is 0.237. The van der Waals surface area contributed by atoms with Crippen LogP contribution < -0.4 is 10.1 Å². The van der Waals surface area contributed by atoms with Crippen LogP contribution in [0.1, 0.15) is 17.1 Å². The molecule has 0 aliphatic carbocycles. The highest BCUT2D eigenvalue weighted by molar-refractivity contribution is 7.89. The van der Waals surface area contributed by atoms with Crippen molar-refractivity contribution in [3.05, 3.63) is 40.3 Å². The predicted molar refractivity (Wildman–Crippen MR) is 91.7 cm³/mol. The molecule has 1 N–H and O–H groups in total. The number of rotatable bonds is 2. The Morgan fingerprint density at radius 3 is 2.96 bits per heavy atom. The smallest absolute Gasteiger partial charge is 0.247 e. The van der Waals surface area contributed by atoms with Gasteiger partial charge in [0.25, 0.3) is 0 Å². The summed E-state index contributed by atoms with van der Waals surface area (Å²) in [6.45, 7) is 3.99. The number of benzene rings is 1. The molecule has 4 rings (SSSR count). The van der Waals surface area contributed by atoms with Crippen molar-refractivity contribution in [2.24, 2.45) is 0 Å². The van der Waals surface area contributed by atoms with Crippen molar-refractivity contribution in [2.45, 2.75) is 30.4 Å². The van der Waals surface area contributed by atoms with Gasteiger partial charge in [-0.1, -0.05) is 12.1 Å². The molecule has 0 unspecified atom stereocenters. The third kappa shape index (κ3) is 2.73. The van der Waals surface area contributed by atoms with E-state index in [-0.39, 0.29) is 11.4 Å². The fraction of sp³-hybridized carbons (Fsp3) is 0.438. The molecule has 128 valence electrons. The second kappa shape index (κ2) is 5.80. The maximum absolute atomic E-state index is 13.2. The molecule has 1 aromatic carbocycles. The molecule has 0 bridgehead atoms. The van der Waals surface area contributed by atoms with Crippen LogP contribution in [-0.4, -0.2) is 42.9 Å². The molecule has 2 aliphatic heterocycles. The Kier molecular flexibility index (Phi) is 3.87. The van der Waals surface area contributed by atoms with E-state index in [1.165, 1.54) is 15.6 Å². The molecule has 24 heavy (non-hydrogen) atoms. The van der Waals surface area contributed by atoms with E-state index in [1.807, 2.05) is 18.4 Å². The Bertz CT molecular complexity index is 857. The van der Waals surface area contributed by atoms with Crippen LogP contribution in [-0.2, 0) is 16.6 Å². The highest BCUT2D eigenvalue weighted by Crippen LogP contribution is 2.37. The molecule has 1 atom stereocenters. The van der Waals surface area contributed by atoms with Crippen molar-refractivity contribution in [1.82, 2.24) is 14.6 Å². The standard InChI is InChI=1S/C16H19N3O3S2/c1-12-18-13(9-23-12)8-19-11-16(6-7-17-10-16)22-14-4-2-3-5-15(14)24(19,20)21/h2-5,9,17H,6-8,10-11H2,1H3/t16-/m1/s1. The number of fused-ring (bicyclic) bond motifs is 1. The van der Waals surface area contributed by atoms with E-state index in [9.17, 15) is 8.42 Å². The zero-order chi connectivity index (χ0) is 16.8. The van der Waals surface area contributed by atoms with Crippen LogP contribution in [0.4, 0.5) is 0 Å². The maximum atomic E-state index is 13.2. The van der Waals surface area contributed by atoms with Gasteiger partial charge in [0, 0.05) is 18.3 Å². The van der Waals surface area contributed by atoms with Crippen LogP contribution >= 0.6 is 11.3 Å². The number of nitrogens with zero attached hydrogens (tertiary/aromatic N) is 2. The summed E-state index contributed by atoms with van der Waals surface area (Å²) in [4.78, 5) is 4.66. The van der Waals surface area contributed by atoms with Crippen LogP contribution in [0.2, 0.25) is 0 Å². The largest absolute Gasteiger partial charge is 0.483 e. The molecule has 1 spiro atoms. The highest BCUT2D eigenvalue weighted by Gasteiger charge is 2.45. The van der Waals surface area contributed by atoms with Crippen molar-refractivity contribution < 1.29 is 13.2 Å². The number of thiazole rings is 1. The second-order valence-corrected chi connectivity index (χ2v) is 9.26. The van der Waals surface area contributed by atoms with E-state index < -0.39 is 15.6 Å². The average Bonchev–Trinajstić information content (AvgIpc) is 3.14. The molecule has 0 radical (unpaired) electrons. The Balaban J connectivity index is 1.79. The Morgan fingerprint density at radius 2 is 2.25 bits per heavy atom. The van der Waals surface area contributed by atoms with Gasteiger partial charge in [-0.25, -0.2) is 13.4 Å². The number of nitrogens with one attached hydrogen (secondary N) is 1. The minimum atomic E-state index is -3.63. The molecule has 1 saturated heterocycles. The molecule has 1 aromatic heterocycles. The lowest BCUT2D eigenvalue weighted by Crippen LogP contribution is -2.48. The highest BCUT2D eigenvalue weighted by atomic mass is 32.2. The lowest BCUT2D eigenvalue weighted by molar-refractivity contribution is 0.0694. The van der Waals surface area contributed by atoms with Gasteiger partial charge in [0.2, 0.25) is 10.0 Å². The van der Waals surface area contributed by atoms with Crippen LogP contribution in [0.3, 0.4) is 0 Å². The number of ether oxygens (including phenoxy) is 1. The summed E-state index contributed by atoms with van der Waals surface area (Å²) in [7, 11) is -3.63. The minimum Gasteiger partial charge on any atom is -0.483 e. The van der Waals surface area contributed by atoms with Crippen LogP contribution in [0, 0.1) is 6.92 Å². The molecule has 8 heteroatoms. The number of aryl methyl sites for hydroxylation is 1. The molecule has 2 aliphatic rings. The normalized spacial score (nSPS) is 26.0. The van der Waals surface area contributed by atoms with Gasteiger partial charge in [0.1, 0.15) is 16.2 Å². The third-order valence-electron chi connectivity index (χ3n) is 4.47. The van der Waals surface area contributed by atoms with Crippen LogP contribution in [0.25, 0.3) is 0 Å². The molecule has 3 heterocycles. The van der Waals surface area contributed by atoms with E-state index in [0.717, 1.165) is 23.7 Å². The summed E-state index contributed by atoms with van der Waals surface area (Å²) < 4.78 is 34.1. The van der Waals surface area contributed by atoms with Gasteiger partial charge >= 0.3 is 0 Å². The van der Waals surface area contributed by atoms with Gasteiger partial charge in [-0.15, -0.1) is 11.3 Å². The number of para-hydroxylation sites is 1. The zero-order valence-electron chi connectivity index (χ0n) is 13.4. The SMILES string of the molecule is Cc1nc(CN2C[C@]3(CCNC3)Oc3ccccc3S2(=O)=O)cs1. The monoisotopic (exact) mass is 365 g/mol. The fourth-order valence-corrected chi connectivity index (χ4v) is 5.51. The summed E-state index contributed by atoms with van der Waals surface area (Å²) in [5, 5.41) is 6.15. The molecule has 1 fully saturated rings. The fourth-order valence-electron chi connectivity index (χ4n) is 3.30. The van der Waals surface area contributed by atoms with Gasteiger partial charge in [0.05, 0.1) is 23.8 Å². The molecular formula is C16H19N3O3S2. The van der Waals surface area contributed by atoms with E-state index in [4.69, 9.17) is 4.74 Å². The van der Waals surface area contributed by atoms with Gasteiger partial charge in [0.15, 0.2) is 0 Å². The van der Waals surface area contributed by atoms with E-state index in [2.05, 4.69) is 10.3 Å². The summed E-state index contributed by atoms with van der Waals surface area (Å²) in [5.74, 6) is 0.443. The van der Waals surface area contributed by atoms with E-state index >= 15 is 0 Å². The molecular weight excluding hydrogens is 346 g/mol. The van der Waals surface area contributed by atoms with Crippen molar-refractivity contribution in [3.8, 4) is 5.75 Å².